The van der Waals surface area contributed by atoms with E-state index in [4.69, 9.17) is 5.26 Å². The summed E-state index contributed by atoms with van der Waals surface area (Å²) in [6, 6.07) is 15.4. The van der Waals surface area contributed by atoms with Gasteiger partial charge in [-0.15, -0.1) is 11.8 Å². The van der Waals surface area contributed by atoms with E-state index in [1.54, 1.807) is 24.3 Å². The summed E-state index contributed by atoms with van der Waals surface area (Å²) in [5, 5.41) is 11.5. The Hall–Kier alpha value is -2.34. The van der Waals surface area contributed by atoms with Crippen molar-refractivity contribution in [3.63, 3.8) is 0 Å². The van der Waals surface area contributed by atoms with E-state index in [1.165, 1.54) is 38.0 Å². The fourth-order valence-corrected chi connectivity index (χ4v) is 3.82. The van der Waals surface area contributed by atoms with E-state index in [9.17, 15) is 13.2 Å². The summed E-state index contributed by atoms with van der Waals surface area (Å²) < 4.78 is 25.4. The Kier molecular flexibility index (Phi) is 6.80. The molecule has 0 heterocycles. The van der Waals surface area contributed by atoms with Crippen LogP contribution in [0.2, 0.25) is 0 Å². The van der Waals surface area contributed by atoms with Crippen LogP contribution in [-0.4, -0.2) is 38.5 Å². The van der Waals surface area contributed by atoms with Gasteiger partial charge in [0.05, 0.1) is 22.3 Å². The van der Waals surface area contributed by atoms with E-state index in [2.05, 4.69) is 11.4 Å². The largest absolute Gasteiger partial charge is 0.325 e. The van der Waals surface area contributed by atoms with Crippen LogP contribution in [0.5, 0.6) is 0 Å². The molecule has 0 aliphatic heterocycles. The lowest BCUT2D eigenvalue weighted by atomic mass is 10.2. The van der Waals surface area contributed by atoms with Gasteiger partial charge in [-0.25, -0.2) is 12.7 Å². The Morgan fingerprint density at radius 3 is 2.50 bits per heavy atom. The number of nitriles is 1. The fourth-order valence-electron chi connectivity index (χ4n) is 2.08. The Labute approximate surface area is 157 Å². The van der Waals surface area contributed by atoms with Crippen LogP contribution in [0, 0.1) is 11.3 Å². The van der Waals surface area contributed by atoms with Gasteiger partial charge in [-0.05, 0) is 35.9 Å². The molecule has 0 unspecified atom stereocenters. The molecule has 0 atom stereocenters. The van der Waals surface area contributed by atoms with Crippen LogP contribution in [0.1, 0.15) is 11.1 Å². The van der Waals surface area contributed by atoms with Crippen molar-refractivity contribution >= 4 is 33.4 Å². The lowest BCUT2D eigenvalue weighted by Crippen LogP contribution is -2.22. The van der Waals surface area contributed by atoms with E-state index >= 15 is 0 Å². The summed E-state index contributed by atoms with van der Waals surface area (Å²) in [5.41, 5.74) is 2.07. The molecule has 0 spiro atoms. The minimum absolute atomic E-state index is 0.130. The number of carbonyl (C=O) groups excluding carboxylic acids is 1. The van der Waals surface area contributed by atoms with Crippen molar-refractivity contribution < 1.29 is 13.2 Å². The first-order valence-electron chi connectivity index (χ1n) is 7.72. The number of thioether (sulfide) groups is 1. The monoisotopic (exact) mass is 389 g/mol. The number of amides is 1. The molecule has 1 N–H and O–H groups in total. The molecule has 26 heavy (non-hydrogen) atoms. The molecule has 0 aromatic heterocycles. The molecule has 6 nitrogen and oxygen atoms in total. The predicted molar refractivity (Wildman–Crippen MR) is 103 cm³/mol. The Bertz CT molecular complexity index is 917. The summed E-state index contributed by atoms with van der Waals surface area (Å²) in [4.78, 5) is 12.2. The van der Waals surface area contributed by atoms with Crippen LogP contribution >= 0.6 is 11.8 Å². The maximum atomic E-state index is 12.1. The van der Waals surface area contributed by atoms with Crippen LogP contribution in [0.4, 0.5) is 5.69 Å². The second-order valence-corrected chi connectivity index (χ2v) is 8.80. The third-order valence-electron chi connectivity index (χ3n) is 3.48. The Morgan fingerprint density at radius 2 is 1.88 bits per heavy atom. The van der Waals surface area contributed by atoms with Gasteiger partial charge in [-0.1, -0.05) is 18.2 Å². The van der Waals surface area contributed by atoms with Crippen molar-refractivity contribution in [2.75, 3.05) is 25.2 Å². The summed E-state index contributed by atoms with van der Waals surface area (Å²) in [7, 11) is -0.623. The summed E-state index contributed by atoms with van der Waals surface area (Å²) in [6.45, 7) is 0. The lowest BCUT2D eigenvalue weighted by Gasteiger charge is -2.12. The molecular weight excluding hydrogens is 370 g/mol. The quantitative estimate of drug-likeness (QED) is 0.786. The average molecular weight is 390 g/mol. The number of sulfonamides is 1. The smallest absolute Gasteiger partial charge is 0.242 e. The van der Waals surface area contributed by atoms with E-state index in [1.807, 2.05) is 12.1 Å². The van der Waals surface area contributed by atoms with Crippen molar-refractivity contribution in [3.05, 3.63) is 59.7 Å². The second-order valence-electron chi connectivity index (χ2n) is 5.66. The molecule has 136 valence electrons. The molecule has 1 amide bonds. The Morgan fingerprint density at radius 1 is 1.19 bits per heavy atom. The van der Waals surface area contributed by atoms with Crippen LogP contribution in [-0.2, 0) is 20.6 Å². The van der Waals surface area contributed by atoms with Crippen molar-refractivity contribution in [1.82, 2.24) is 4.31 Å². The highest BCUT2D eigenvalue weighted by Crippen LogP contribution is 2.19. The van der Waals surface area contributed by atoms with Gasteiger partial charge in [0.1, 0.15) is 0 Å². The highest BCUT2D eigenvalue weighted by Gasteiger charge is 2.17. The zero-order chi connectivity index (χ0) is 19.2. The molecule has 2 aromatic carbocycles. The van der Waals surface area contributed by atoms with Crippen molar-refractivity contribution in [2.45, 2.75) is 10.6 Å². The number of hydrogen-bond donors (Lipinski definition) is 1. The molecule has 2 rings (SSSR count). The van der Waals surface area contributed by atoms with Crippen LogP contribution < -0.4 is 5.32 Å². The minimum atomic E-state index is -3.54. The summed E-state index contributed by atoms with van der Waals surface area (Å²) >= 11 is 1.44. The molecule has 8 heteroatoms. The van der Waals surface area contributed by atoms with Crippen LogP contribution in [0.25, 0.3) is 0 Å². The van der Waals surface area contributed by atoms with Crippen LogP contribution in [0.15, 0.2) is 53.4 Å². The van der Waals surface area contributed by atoms with Gasteiger partial charge in [0, 0.05) is 25.5 Å². The normalized spacial score (nSPS) is 11.2. The molecule has 0 aliphatic carbocycles. The van der Waals surface area contributed by atoms with E-state index in [0.717, 1.165) is 9.87 Å². The number of hydrogen-bond acceptors (Lipinski definition) is 5. The number of anilines is 1. The highest BCUT2D eigenvalue weighted by molar-refractivity contribution is 7.99. The fraction of sp³-hybridized carbons (Fsp3) is 0.222. The van der Waals surface area contributed by atoms with E-state index in [0.29, 0.717) is 17.0 Å². The predicted octanol–water partition coefficient (Wildman–Crippen LogP) is 2.68. The SMILES string of the molecule is CN(C)S(=O)(=O)c1cccc(NC(=O)CSCc2ccc(C#N)cc2)c1. The third-order valence-corrected chi connectivity index (χ3v) is 6.30. The van der Waals surface area contributed by atoms with Crippen LogP contribution in [0.3, 0.4) is 0 Å². The molecule has 0 bridgehead atoms. The molecule has 2 aromatic rings. The first-order valence-corrected chi connectivity index (χ1v) is 10.3. The summed E-state index contributed by atoms with van der Waals surface area (Å²) in [6.07, 6.45) is 0. The van der Waals surface area contributed by atoms with Gasteiger partial charge in [-0.2, -0.15) is 5.26 Å². The van der Waals surface area contributed by atoms with Crippen molar-refractivity contribution in [3.8, 4) is 6.07 Å². The topological polar surface area (TPSA) is 90.3 Å². The van der Waals surface area contributed by atoms with Crippen molar-refractivity contribution in [2.24, 2.45) is 0 Å². The van der Waals surface area contributed by atoms with Gasteiger partial charge in [0.25, 0.3) is 0 Å². The number of carbonyl (C=O) groups is 1. The zero-order valence-corrected chi connectivity index (χ0v) is 16.1. The van der Waals surface area contributed by atoms with Gasteiger partial charge in [-0.3, -0.25) is 4.79 Å². The molecular formula is C18H19N3O3S2. The number of nitrogens with zero attached hydrogens (tertiary/aromatic N) is 2. The standard InChI is InChI=1S/C18H19N3O3S2/c1-21(2)26(23,24)17-5-3-4-16(10-17)20-18(22)13-25-12-15-8-6-14(11-19)7-9-15/h3-10H,12-13H2,1-2H3,(H,20,22). The molecule has 0 saturated heterocycles. The first kappa shape index (κ1) is 20.0. The lowest BCUT2D eigenvalue weighted by molar-refractivity contribution is -0.113. The van der Waals surface area contributed by atoms with Gasteiger partial charge in [0.2, 0.25) is 15.9 Å². The number of nitrogens with one attached hydrogen (secondary N) is 1. The minimum Gasteiger partial charge on any atom is -0.325 e. The average Bonchev–Trinajstić information content (AvgIpc) is 2.62. The zero-order valence-electron chi connectivity index (χ0n) is 14.5. The molecule has 0 aliphatic rings. The maximum absolute atomic E-state index is 12.1. The maximum Gasteiger partial charge on any atom is 0.242 e. The first-order chi connectivity index (χ1) is 12.3. The molecule has 0 saturated carbocycles. The van der Waals surface area contributed by atoms with Gasteiger partial charge < -0.3 is 5.32 Å². The summed E-state index contributed by atoms with van der Waals surface area (Å²) in [5.74, 6) is 0.682. The third kappa shape index (κ3) is 5.33. The second kappa shape index (κ2) is 8.85. The Balaban J connectivity index is 1.90. The molecule has 0 radical (unpaired) electrons. The highest BCUT2D eigenvalue weighted by atomic mass is 32.2. The number of rotatable bonds is 7. The van der Waals surface area contributed by atoms with E-state index < -0.39 is 10.0 Å². The number of benzene rings is 2. The van der Waals surface area contributed by atoms with Gasteiger partial charge >= 0.3 is 0 Å². The van der Waals surface area contributed by atoms with Crippen molar-refractivity contribution in [1.29, 1.82) is 5.26 Å². The van der Waals surface area contributed by atoms with E-state index in [-0.39, 0.29) is 16.6 Å². The van der Waals surface area contributed by atoms with Gasteiger partial charge in [0.15, 0.2) is 0 Å². The molecule has 0 fully saturated rings.